The van der Waals surface area contributed by atoms with E-state index in [0.717, 1.165) is 90.3 Å². The summed E-state index contributed by atoms with van der Waals surface area (Å²) in [5.74, 6) is -2.57. The van der Waals surface area contributed by atoms with Gasteiger partial charge in [0.1, 0.15) is 0 Å². The molecular weight excluding hydrogens is 921 g/mol. The number of ether oxygens (including phenoxy) is 4. The van der Waals surface area contributed by atoms with Crippen LogP contribution in [0.4, 0.5) is 0 Å². The number of unbranched alkanes of at least 4 members (excludes halogenated alkanes) is 4. The highest BCUT2D eigenvalue weighted by atomic mass is 16.5. The van der Waals surface area contributed by atoms with Crippen LogP contribution in [0.15, 0.2) is 133 Å². The van der Waals surface area contributed by atoms with Crippen LogP contribution in [0.25, 0.3) is 108 Å². The topological polar surface area (TPSA) is 105 Å². The number of fused-ring (bicyclic) bond motifs is 20. The third-order valence-electron chi connectivity index (χ3n) is 14.8. The van der Waals surface area contributed by atoms with Crippen LogP contribution < -0.4 is 0 Å². The Labute approximate surface area is 429 Å². The van der Waals surface area contributed by atoms with Gasteiger partial charge in [0.2, 0.25) is 0 Å². The third kappa shape index (κ3) is 7.99. The SMILES string of the molecule is CCCCOC(=O)c1c(C(=O)OCCCC)c2c3ccccc3c3ccc4ccccc4c3c2c2cc3c(C(=O)OCCCC)c(C(=O)OCCCC)c4c5ccccc5c5ccc6ccccc6c5c4c3cc12. The molecule has 0 aromatic heterocycles. The summed E-state index contributed by atoms with van der Waals surface area (Å²) in [4.78, 5) is 61.6. The molecule has 11 aromatic rings. The number of rotatable bonds is 16. The minimum absolute atomic E-state index is 0.0787. The molecule has 0 fully saturated rings. The van der Waals surface area contributed by atoms with Gasteiger partial charge in [0.25, 0.3) is 0 Å². The number of esters is 4. The minimum Gasteiger partial charge on any atom is -0.462 e. The van der Waals surface area contributed by atoms with Crippen molar-refractivity contribution in [1.82, 2.24) is 0 Å². The van der Waals surface area contributed by atoms with Crippen molar-refractivity contribution in [3.63, 3.8) is 0 Å². The number of benzene rings is 11. The zero-order valence-electron chi connectivity index (χ0n) is 42.5. The average Bonchev–Trinajstić information content (AvgIpc) is 3.49. The second kappa shape index (κ2) is 20.4. The first-order valence-corrected chi connectivity index (χ1v) is 26.4. The largest absolute Gasteiger partial charge is 0.462 e. The molecule has 0 unspecified atom stereocenters. The molecule has 0 radical (unpaired) electrons. The predicted molar refractivity (Wildman–Crippen MR) is 302 cm³/mol. The van der Waals surface area contributed by atoms with Crippen molar-refractivity contribution in [3.8, 4) is 0 Å². The molecule has 0 aliphatic rings. The van der Waals surface area contributed by atoms with Gasteiger partial charge < -0.3 is 18.9 Å². The normalized spacial score (nSPS) is 11.8. The Morgan fingerprint density at radius 1 is 0.284 bits per heavy atom. The monoisotopic (exact) mass is 978 g/mol. The van der Waals surface area contributed by atoms with Crippen LogP contribution in [0.2, 0.25) is 0 Å². The van der Waals surface area contributed by atoms with Gasteiger partial charge in [0, 0.05) is 10.8 Å². The van der Waals surface area contributed by atoms with Crippen LogP contribution in [0.5, 0.6) is 0 Å². The first kappa shape index (κ1) is 48.2. The standard InChI is InChI=1S/C66H58O8/c1-5-9-33-71-63(67)59-51-37-50-52(38-49(51)57-53-41-23-15-13-21-39(41)29-31-47(53)43-25-17-19-27-45(43)55(57)61(59)65(69)73-35-11-7-3)60(64(68)72-34-10-6-2)62(66(70)74-36-12-8-4)56-46-28-20-18-26-44(46)48-32-30-40-22-14-16-24-42(40)54(48)58(50)56/h13-32,37-38H,5-12,33-36H2,1-4H3. The van der Waals surface area contributed by atoms with Crippen molar-refractivity contribution >= 4 is 132 Å². The number of hydrogen-bond donors (Lipinski definition) is 0. The lowest BCUT2D eigenvalue weighted by atomic mass is 9.80. The van der Waals surface area contributed by atoms with Crippen molar-refractivity contribution in [3.05, 3.63) is 156 Å². The Kier molecular flexibility index (Phi) is 13.3. The molecule has 0 N–H and O–H groups in total. The van der Waals surface area contributed by atoms with E-state index < -0.39 is 23.9 Å². The molecule has 370 valence electrons. The van der Waals surface area contributed by atoms with E-state index in [1.54, 1.807) is 0 Å². The van der Waals surface area contributed by atoms with E-state index in [2.05, 4.69) is 60.7 Å². The molecule has 0 amide bonds. The maximum absolute atomic E-state index is 15.4. The Balaban J connectivity index is 1.48. The highest BCUT2D eigenvalue weighted by Gasteiger charge is 2.34. The van der Waals surface area contributed by atoms with Crippen molar-refractivity contribution in [2.24, 2.45) is 0 Å². The molecular formula is C66H58O8. The van der Waals surface area contributed by atoms with E-state index in [4.69, 9.17) is 18.9 Å². The maximum atomic E-state index is 15.4. The molecule has 0 saturated heterocycles. The second-order valence-corrected chi connectivity index (χ2v) is 19.4. The molecule has 0 atom stereocenters. The average molecular weight is 979 g/mol. The predicted octanol–water partition coefficient (Wildman–Crippen LogP) is 17.0. The fraction of sp³-hybridized carbons (Fsp3) is 0.242. The minimum atomic E-state index is -0.658. The lowest BCUT2D eigenvalue weighted by Crippen LogP contribution is -2.18. The molecule has 0 bridgehead atoms. The van der Waals surface area contributed by atoms with Gasteiger partial charge in [-0.2, -0.15) is 0 Å². The van der Waals surface area contributed by atoms with Gasteiger partial charge in [0.15, 0.2) is 0 Å². The molecule has 0 heterocycles. The van der Waals surface area contributed by atoms with E-state index in [-0.39, 0.29) is 48.7 Å². The Hall–Kier alpha value is -8.10. The number of carbonyl (C=O) groups is 4. The lowest BCUT2D eigenvalue weighted by Gasteiger charge is -2.23. The Morgan fingerprint density at radius 3 is 0.932 bits per heavy atom. The summed E-state index contributed by atoms with van der Waals surface area (Å²) in [6.45, 7) is 8.73. The summed E-state index contributed by atoms with van der Waals surface area (Å²) in [5, 5.41) is 15.3. The van der Waals surface area contributed by atoms with E-state index >= 15 is 19.2 Å². The van der Waals surface area contributed by atoms with Gasteiger partial charge in [-0.05, 0) is 135 Å². The molecule has 8 heteroatoms. The van der Waals surface area contributed by atoms with Crippen LogP contribution in [-0.2, 0) is 18.9 Å². The van der Waals surface area contributed by atoms with E-state index in [1.807, 2.05) is 100 Å². The highest BCUT2D eigenvalue weighted by Crippen LogP contribution is 2.50. The van der Waals surface area contributed by atoms with Crippen molar-refractivity contribution in [2.75, 3.05) is 26.4 Å². The first-order valence-electron chi connectivity index (χ1n) is 26.4. The lowest BCUT2D eigenvalue weighted by molar-refractivity contribution is 0.0456. The van der Waals surface area contributed by atoms with Gasteiger partial charge in [-0.25, -0.2) is 19.2 Å². The molecule has 11 aromatic carbocycles. The quantitative estimate of drug-likeness (QED) is 0.0310. The van der Waals surface area contributed by atoms with Crippen molar-refractivity contribution in [1.29, 1.82) is 0 Å². The first-order chi connectivity index (χ1) is 36.3. The summed E-state index contributed by atoms with van der Waals surface area (Å²) in [6.07, 6.45) is 5.67. The Morgan fingerprint density at radius 2 is 0.581 bits per heavy atom. The van der Waals surface area contributed by atoms with Crippen molar-refractivity contribution < 1.29 is 38.1 Å². The van der Waals surface area contributed by atoms with Gasteiger partial charge >= 0.3 is 23.9 Å². The van der Waals surface area contributed by atoms with Gasteiger partial charge in [-0.1, -0.05) is 175 Å². The third-order valence-corrected chi connectivity index (χ3v) is 14.8. The molecule has 11 rings (SSSR count). The zero-order valence-corrected chi connectivity index (χ0v) is 42.5. The van der Waals surface area contributed by atoms with Gasteiger partial charge in [-0.15, -0.1) is 0 Å². The van der Waals surface area contributed by atoms with Crippen LogP contribution in [0, 0.1) is 0 Å². The van der Waals surface area contributed by atoms with Crippen molar-refractivity contribution in [2.45, 2.75) is 79.1 Å². The zero-order chi connectivity index (χ0) is 51.0. The van der Waals surface area contributed by atoms with Crippen LogP contribution >= 0.6 is 0 Å². The van der Waals surface area contributed by atoms with Crippen LogP contribution in [-0.4, -0.2) is 50.3 Å². The molecule has 0 aliphatic carbocycles. The fourth-order valence-electron chi connectivity index (χ4n) is 11.3. The summed E-state index contributed by atoms with van der Waals surface area (Å²) in [6, 6.07) is 44.6. The summed E-state index contributed by atoms with van der Waals surface area (Å²) >= 11 is 0. The molecule has 0 saturated carbocycles. The Bertz CT molecular complexity index is 3850. The number of carbonyl (C=O) groups excluding carboxylic acids is 4. The van der Waals surface area contributed by atoms with Crippen LogP contribution in [0.1, 0.15) is 120 Å². The number of hydrogen-bond acceptors (Lipinski definition) is 8. The maximum Gasteiger partial charge on any atom is 0.339 e. The summed E-state index contributed by atoms with van der Waals surface area (Å²) in [5.41, 5.74) is 0.400. The molecule has 0 spiro atoms. The van der Waals surface area contributed by atoms with E-state index in [9.17, 15) is 0 Å². The van der Waals surface area contributed by atoms with Crippen LogP contribution in [0.3, 0.4) is 0 Å². The second-order valence-electron chi connectivity index (χ2n) is 19.4. The summed E-state index contributed by atoms with van der Waals surface area (Å²) in [7, 11) is 0. The summed E-state index contributed by atoms with van der Waals surface area (Å²) < 4.78 is 24.9. The smallest absolute Gasteiger partial charge is 0.339 e. The molecule has 74 heavy (non-hydrogen) atoms. The van der Waals surface area contributed by atoms with Gasteiger partial charge in [0.05, 0.1) is 48.7 Å². The van der Waals surface area contributed by atoms with E-state index in [0.29, 0.717) is 68.8 Å². The van der Waals surface area contributed by atoms with E-state index in [1.165, 1.54) is 0 Å². The highest BCUT2D eigenvalue weighted by molar-refractivity contribution is 6.45. The van der Waals surface area contributed by atoms with Gasteiger partial charge in [-0.3, -0.25) is 0 Å². The fourth-order valence-corrected chi connectivity index (χ4v) is 11.3. The molecule has 0 aliphatic heterocycles. The molecule has 8 nitrogen and oxygen atoms in total.